The number of ether oxygens (including phenoxy) is 1. The molecule has 0 saturated carbocycles. The van der Waals surface area contributed by atoms with Gasteiger partial charge in [-0.1, -0.05) is 18.2 Å². The SMILES string of the molecule is O=C(Nc1ccc(Nc2ncccn2)cc1)[C@@H]1Cc2ccccc2O1. The second-order valence-corrected chi connectivity index (χ2v) is 5.68. The maximum absolute atomic E-state index is 12.4. The third-order valence-corrected chi connectivity index (χ3v) is 3.91. The van der Waals surface area contributed by atoms with E-state index in [-0.39, 0.29) is 5.91 Å². The van der Waals surface area contributed by atoms with Crippen LogP contribution in [0.1, 0.15) is 5.56 Å². The lowest BCUT2D eigenvalue weighted by Gasteiger charge is -2.12. The standard InChI is InChI=1S/C19H16N4O2/c24-18(17-12-13-4-1-2-5-16(13)25-17)22-14-6-8-15(9-7-14)23-19-20-10-3-11-21-19/h1-11,17H,12H2,(H,22,24)(H,20,21,23)/t17-/m0/s1. The molecule has 1 aromatic heterocycles. The van der Waals surface area contributed by atoms with Crippen molar-refractivity contribution in [1.82, 2.24) is 9.97 Å². The Morgan fingerprint density at radius 2 is 1.68 bits per heavy atom. The molecule has 0 saturated heterocycles. The molecule has 0 bridgehead atoms. The van der Waals surface area contributed by atoms with E-state index < -0.39 is 6.10 Å². The Hall–Kier alpha value is -3.41. The molecule has 4 rings (SSSR count). The summed E-state index contributed by atoms with van der Waals surface area (Å²) in [6.07, 6.45) is 3.44. The number of rotatable bonds is 4. The predicted molar refractivity (Wildman–Crippen MR) is 94.9 cm³/mol. The number of aromatic nitrogens is 2. The molecule has 25 heavy (non-hydrogen) atoms. The number of carbonyl (C=O) groups is 1. The van der Waals surface area contributed by atoms with Crippen LogP contribution < -0.4 is 15.4 Å². The number of carbonyl (C=O) groups excluding carboxylic acids is 1. The first kappa shape index (κ1) is 15.1. The van der Waals surface area contributed by atoms with Crippen molar-refractivity contribution < 1.29 is 9.53 Å². The molecular weight excluding hydrogens is 316 g/mol. The fourth-order valence-corrected chi connectivity index (χ4v) is 2.68. The van der Waals surface area contributed by atoms with Gasteiger partial charge in [0.15, 0.2) is 6.10 Å². The zero-order valence-corrected chi connectivity index (χ0v) is 13.3. The highest BCUT2D eigenvalue weighted by Gasteiger charge is 2.28. The fourth-order valence-electron chi connectivity index (χ4n) is 2.68. The number of hydrogen-bond acceptors (Lipinski definition) is 5. The molecule has 3 aromatic rings. The quantitative estimate of drug-likeness (QED) is 0.767. The molecule has 2 N–H and O–H groups in total. The number of nitrogens with zero attached hydrogens (tertiary/aromatic N) is 2. The summed E-state index contributed by atoms with van der Waals surface area (Å²) < 4.78 is 5.70. The number of para-hydroxylation sites is 1. The molecule has 0 spiro atoms. The van der Waals surface area contributed by atoms with Gasteiger partial charge in [-0.15, -0.1) is 0 Å². The summed E-state index contributed by atoms with van der Waals surface area (Å²) in [6, 6.07) is 16.8. The highest BCUT2D eigenvalue weighted by Crippen LogP contribution is 2.28. The average Bonchev–Trinajstić information content (AvgIpc) is 3.09. The zero-order chi connectivity index (χ0) is 17.1. The molecular formula is C19H16N4O2. The first-order valence-electron chi connectivity index (χ1n) is 7.97. The lowest BCUT2D eigenvalue weighted by molar-refractivity contribution is -0.122. The molecule has 1 atom stereocenters. The van der Waals surface area contributed by atoms with Gasteiger partial charge in [-0.05, 0) is 42.0 Å². The minimum Gasteiger partial charge on any atom is -0.480 e. The van der Waals surface area contributed by atoms with E-state index in [1.165, 1.54) is 0 Å². The van der Waals surface area contributed by atoms with E-state index in [0.29, 0.717) is 18.1 Å². The third-order valence-electron chi connectivity index (χ3n) is 3.91. The topological polar surface area (TPSA) is 76.1 Å². The van der Waals surface area contributed by atoms with Crippen LogP contribution in [0.5, 0.6) is 5.75 Å². The lowest BCUT2D eigenvalue weighted by atomic mass is 10.1. The van der Waals surface area contributed by atoms with E-state index in [1.807, 2.05) is 48.5 Å². The molecule has 124 valence electrons. The Labute approximate surface area is 144 Å². The zero-order valence-electron chi connectivity index (χ0n) is 13.3. The molecule has 2 heterocycles. The number of nitrogens with one attached hydrogen (secondary N) is 2. The summed E-state index contributed by atoms with van der Waals surface area (Å²) in [4.78, 5) is 20.6. The van der Waals surface area contributed by atoms with Crippen LogP contribution in [0.15, 0.2) is 67.0 Å². The van der Waals surface area contributed by atoms with Crippen molar-refractivity contribution in [3.63, 3.8) is 0 Å². The maximum atomic E-state index is 12.4. The first-order chi connectivity index (χ1) is 12.3. The van der Waals surface area contributed by atoms with E-state index in [9.17, 15) is 4.79 Å². The lowest BCUT2D eigenvalue weighted by Crippen LogP contribution is -2.31. The van der Waals surface area contributed by atoms with Crippen molar-refractivity contribution in [3.05, 3.63) is 72.6 Å². The van der Waals surface area contributed by atoms with Crippen molar-refractivity contribution in [2.24, 2.45) is 0 Å². The van der Waals surface area contributed by atoms with Gasteiger partial charge in [-0.2, -0.15) is 0 Å². The van der Waals surface area contributed by atoms with Gasteiger partial charge >= 0.3 is 0 Å². The summed E-state index contributed by atoms with van der Waals surface area (Å²) >= 11 is 0. The number of benzene rings is 2. The summed E-state index contributed by atoms with van der Waals surface area (Å²) in [6.45, 7) is 0. The molecule has 6 nitrogen and oxygen atoms in total. The number of fused-ring (bicyclic) bond motifs is 1. The van der Waals surface area contributed by atoms with Crippen LogP contribution >= 0.6 is 0 Å². The van der Waals surface area contributed by atoms with Gasteiger partial charge in [0.05, 0.1) is 0 Å². The summed E-state index contributed by atoms with van der Waals surface area (Å²) in [7, 11) is 0. The van der Waals surface area contributed by atoms with Gasteiger partial charge < -0.3 is 15.4 Å². The Bertz CT molecular complexity index is 856. The largest absolute Gasteiger partial charge is 0.480 e. The van der Waals surface area contributed by atoms with E-state index in [2.05, 4.69) is 20.6 Å². The molecule has 1 aliphatic heterocycles. The van der Waals surface area contributed by atoms with E-state index >= 15 is 0 Å². The number of hydrogen-bond donors (Lipinski definition) is 2. The van der Waals surface area contributed by atoms with Gasteiger partial charge in [0.2, 0.25) is 5.95 Å². The van der Waals surface area contributed by atoms with E-state index in [0.717, 1.165) is 17.0 Å². The Morgan fingerprint density at radius 3 is 2.44 bits per heavy atom. The molecule has 2 aromatic carbocycles. The van der Waals surface area contributed by atoms with Crippen LogP contribution in [0.25, 0.3) is 0 Å². The van der Waals surface area contributed by atoms with Crippen molar-refractivity contribution in [3.8, 4) is 5.75 Å². The van der Waals surface area contributed by atoms with Crippen molar-refractivity contribution in [2.45, 2.75) is 12.5 Å². The Kier molecular flexibility index (Phi) is 4.00. The molecule has 0 fully saturated rings. The van der Waals surface area contributed by atoms with Crippen LogP contribution in [-0.4, -0.2) is 22.0 Å². The predicted octanol–water partition coefficient (Wildman–Crippen LogP) is 3.16. The normalized spacial score (nSPS) is 15.1. The van der Waals surface area contributed by atoms with Crippen LogP contribution in [0.3, 0.4) is 0 Å². The van der Waals surface area contributed by atoms with Crippen molar-refractivity contribution >= 4 is 23.2 Å². The van der Waals surface area contributed by atoms with Crippen LogP contribution in [0.2, 0.25) is 0 Å². The second-order valence-electron chi connectivity index (χ2n) is 5.68. The second kappa shape index (κ2) is 6.60. The van der Waals surface area contributed by atoms with Gasteiger partial charge in [-0.25, -0.2) is 9.97 Å². The maximum Gasteiger partial charge on any atom is 0.265 e. The average molecular weight is 332 g/mol. The molecule has 1 aliphatic rings. The number of amides is 1. The van der Waals surface area contributed by atoms with Gasteiger partial charge in [0, 0.05) is 30.2 Å². The van der Waals surface area contributed by atoms with Gasteiger partial charge in [0.1, 0.15) is 5.75 Å². The van der Waals surface area contributed by atoms with Gasteiger partial charge in [0.25, 0.3) is 5.91 Å². The highest BCUT2D eigenvalue weighted by molar-refractivity contribution is 5.95. The number of anilines is 3. The smallest absolute Gasteiger partial charge is 0.265 e. The Balaban J connectivity index is 1.38. The minimum absolute atomic E-state index is 0.150. The summed E-state index contributed by atoms with van der Waals surface area (Å²) in [5.41, 5.74) is 2.61. The monoisotopic (exact) mass is 332 g/mol. The van der Waals surface area contributed by atoms with Crippen LogP contribution in [-0.2, 0) is 11.2 Å². The molecule has 1 amide bonds. The highest BCUT2D eigenvalue weighted by atomic mass is 16.5. The van der Waals surface area contributed by atoms with Crippen LogP contribution in [0, 0.1) is 0 Å². The van der Waals surface area contributed by atoms with E-state index in [1.54, 1.807) is 18.5 Å². The van der Waals surface area contributed by atoms with Crippen molar-refractivity contribution in [2.75, 3.05) is 10.6 Å². The fraction of sp³-hybridized carbons (Fsp3) is 0.105. The first-order valence-corrected chi connectivity index (χ1v) is 7.97. The van der Waals surface area contributed by atoms with E-state index in [4.69, 9.17) is 4.74 Å². The molecule has 0 radical (unpaired) electrons. The Morgan fingerprint density at radius 1 is 0.960 bits per heavy atom. The minimum atomic E-state index is -0.493. The summed E-state index contributed by atoms with van der Waals surface area (Å²) in [5, 5.41) is 5.98. The molecule has 6 heteroatoms. The van der Waals surface area contributed by atoms with Crippen LogP contribution in [0.4, 0.5) is 17.3 Å². The molecule has 0 aliphatic carbocycles. The molecule has 0 unspecified atom stereocenters. The third kappa shape index (κ3) is 3.42. The van der Waals surface area contributed by atoms with Crippen molar-refractivity contribution in [1.29, 1.82) is 0 Å². The van der Waals surface area contributed by atoms with Gasteiger partial charge in [-0.3, -0.25) is 4.79 Å². The summed E-state index contributed by atoms with van der Waals surface area (Å²) in [5.74, 6) is 1.16.